The summed E-state index contributed by atoms with van der Waals surface area (Å²) in [5.74, 6) is 2.96. The van der Waals surface area contributed by atoms with Gasteiger partial charge in [-0.15, -0.1) is 12.4 Å². The molecule has 24 nitrogen and oxygen atoms in total. The Morgan fingerprint density at radius 3 is 1.78 bits per heavy atom. The predicted molar refractivity (Wildman–Crippen MR) is 347 cm³/mol. The van der Waals surface area contributed by atoms with Crippen LogP contribution in [0.4, 0.5) is 39.3 Å². The van der Waals surface area contributed by atoms with Gasteiger partial charge in [0.25, 0.3) is 5.91 Å². The van der Waals surface area contributed by atoms with Crippen LogP contribution < -0.4 is 49.9 Å². The molecule has 6 heterocycles. The summed E-state index contributed by atoms with van der Waals surface area (Å²) in [5, 5.41) is 39.9. The van der Waals surface area contributed by atoms with Crippen molar-refractivity contribution in [3.63, 3.8) is 0 Å². The van der Waals surface area contributed by atoms with Crippen LogP contribution >= 0.6 is 60.2 Å². The molecule has 4 atom stereocenters. The van der Waals surface area contributed by atoms with Crippen LogP contribution in [0.3, 0.4) is 0 Å². The first-order valence-electron chi connectivity index (χ1n) is 27.0. The Bertz CT molecular complexity index is 3020. The molecule has 4 aromatic heterocycles. The van der Waals surface area contributed by atoms with Gasteiger partial charge in [0, 0.05) is 31.4 Å². The number of nitrogens with one attached hydrogen (secondary N) is 4. The number of pyridine rings is 1. The van der Waals surface area contributed by atoms with Crippen molar-refractivity contribution < 1.29 is 38.3 Å². The number of halogens is 5. The average molecular weight is 1410 g/mol. The second kappa shape index (κ2) is 38.3. The van der Waals surface area contributed by atoms with E-state index in [1.807, 2.05) is 65.0 Å². The third-order valence-corrected chi connectivity index (χ3v) is 13.1. The minimum absolute atomic E-state index is 0. The number of aliphatic hydroxyl groups excluding tert-OH is 2. The molecule has 29 heteroatoms. The fourth-order valence-corrected chi connectivity index (χ4v) is 7.66. The minimum Gasteiger partial charge on any atom is -0.394 e. The van der Waals surface area contributed by atoms with Gasteiger partial charge in [0.15, 0.2) is 41.7 Å². The molecule has 2 saturated heterocycles. The zero-order chi connectivity index (χ0) is 63.4. The highest BCUT2D eigenvalue weighted by Crippen LogP contribution is 2.26. The zero-order valence-corrected chi connectivity index (χ0v) is 55.5. The van der Waals surface area contributed by atoms with Gasteiger partial charge >= 0.3 is 0 Å². The normalized spacial score (nSPS) is 15.7. The van der Waals surface area contributed by atoms with Gasteiger partial charge in [-0.05, 0) is 130 Å². The van der Waals surface area contributed by atoms with Crippen molar-refractivity contribution >= 4 is 101 Å². The lowest BCUT2D eigenvalue weighted by molar-refractivity contribution is -0.0707. The second-order valence-electron chi connectivity index (χ2n) is 20.8. The van der Waals surface area contributed by atoms with Crippen molar-refractivity contribution in [1.29, 1.82) is 5.26 Å². The van der Waals surface area contributed by atoms with Crippen LogP contribution in [-0.4, -0.2) is 127 Å². The fraction of sp³-hybridized carbons (Fsp3) is 0.456. The number of nitrogens with two attached hydrogens (primary N) is 5. The highest BCUT2D eigenvalue weighted by molar-refractivity contribution is 9.11. The molecule has 472 valence electrons. The van der Waals surface area contributed by atoms with Crippen molar-refractivity contribution in [1.82, 2.24) is 40.2 Å². The number of nitriles is 1. The number of anilines is 6. The predicted octanol–water partition coefficient (Wildman–Crippen LogP) is 8.75. The number of hydrogen-bond acceptors (Lipinski definition) is 23. The lowest BCUT2D eigenvalue weighted by Crippen LogP contribution is -2.28. The molecular weight excluding hydrogens is 1330 g/mol. The lowest BCUT2D eigenvalue weighted by Gasteiger charge is -2.16. The first-order chi connectivity index (χ1) is 40.1. The Labute approximate surface area is 534 Å². The first-order valence-corrected chi connectivity index (χ1v) is 29.4. The minimum atomic E-state index is -0.956. The number of carbonyl (C=O) groups excluding carboxylic acids is 1. The van der Waals surface area contributed by atoms with Crippen LogP contribution in [0.25, 0.3) is 11.3 Å². The van der Waals surface area contributed by atoms with Gasteiger partial charge in [-0.25, -0.2) is 39.3 Å². The van der Waals surface area contributed by atoms with Crippen LogP contribution in [0.2, 0.25) is 0 Å². The Hall–Kier alpha value is -6.07. The maximum atomic E-state index is 13.3. The molecule has 16 N–H and O–H groups in total. The Kier molecular flexibility index (Phi) is 33.8. The molecule has 2 aromatic carbocycles. The second-order valence-corrected chi connectivity index (χ2v) is 23.2. The van der Waals surface area contributed by atoms with E-state index >= 15 is 0 Å². The number of aromatic nitrogens is 7. The molecule has 2 aliphatic heterocycles. The number of ether oxygens (including phenoxy) is 4. The summed E-state index contributed by atoms with van der Waals surface area (Å²) < 4.78 is 36.8. The largest absolute Gasteiger partial charge is 0.394 e. The van der Waals surface area contributed by atoms with E-state index in [-0.39, 0.29) is 65.5 Å². The van der Waals surface area contributed by atoms with E-state index in [0.717, 1.165) is 35.1 Å². The molecule has 2 aliphatic rings. The molecule has 0 spiro atoms. The summed E-state index contributed by atoms with van der Waals surface area (Å²) in [7, 11) is 0. The monoisotopic (exact) mass is 1410 g/mol. The Morgan fingerprint density at radius 1 is 0.756 bits per heavy atom. The quantitative estimate of drug-likeness (QED) is 0.0431. The van der Waals surface area contributed by atoms with Gasteiger partial charge < -0.3 is 79.1 Å². The molecule has 1 amide bonds. The highest BCUT2D eigenvalue weighted by Gasteiger charge is 2.33. The van der Waals surface area contributed by atoms with Crippen LogP contribution in [0.5, 0.6) is 0 Å². The summed E-state index contributed by atoms with van der Waals surface area (Å²) >= 11 is 9.49. The molecule has 6 aromatic rings. The third kappa shape index (κ3) is 27.7. The number of aliphatic hydroxyl groups is 2. The molecule has 0 bridgehead atoms. The van der Waals surface area contributed by atoms with Crippen LogP contribution in [-0.2, 0) is 25.5 Å². The van der Waals surface area contributed by atoms with Gasteiger partial charge in [0.1, 0.15) is 31.5 Å². The van der Waals surface area contributed by atoms with Crippen molar-refractivity contribution in [3.05, 3.63) is 121 Å². The van der Waals surface area contributed by atoms with Crippen LogP contribution in [0, 0.1) is 29.0 Å². The molecule has 2 fully saturated rings. The SMILES string of the molecule is CC(C)C(C)C.CC1(C)COC(CN)O1.CC1(C)COC(CNc2nc(Br)cnc2N)O1.CCN.C[C@H](NC(=O)c1cc(C#N)cnc1NCc1ccc(-c2cnc(N)c(NCC(O)CO)n2)cc1)c1ccc(F)cc1.Cl.Nc1ncc(Br)nc1Br. The number of nitrogen functional groups attached to an aromatic ring is 3. The molecule has 8 rings (SSSR count). The number of nitrogens with zero attached hydrogens (tertiary/aromatic N) is 8. The van der Waals surface area contributed by atoms with E-state index in [4.69, 9.17) is 52.7 Å². The van der Waals surface area contributed by atoms with E-state index < -0.39 is 24.7 Å². The number of hydrogen-bond donors (Lipinski definition) is 11. The topological polar surface area (TPSA) is 387 Å². The van der Waals surface area contributed by atoms with Crippen molar-refractivity contribution in [2.75, 3.05) is 79.2 Å². The van der Waals surface area contributed by atoms with Crippen LogP contribution in [0.15, 0.2) is 93.2 Å². The maximum absolute atomic E-state index is 13.3. The van der Waals surface area contributed by atoms with Crippen molar-refractivity contribution in [2.24, 2.45) is 23.3 Å². The molecule has 0 saturated carbocycles. The maximum Gasteiger partial charge on any atom is 0.255 e. The van der Waals surface area contributed by atoms with Crippen LogP contribution in [0.1, 0.15) is 102 Å². The molecular formula is C57H82Br3ClFN17O7. The van der Waals surface area contributed by atoms with E-state index in [9.17, 15) is 19.6 Å². The van der Waals surface area contributed by atoms with Gasteiger partial charge in [-0.3, -0.25) is 4.79 Å². The van der Waals surface area contributed by atoms with Gasteiger partial charge in [0.05, 0.1) is 85.1 Å². The Morgan fingerprint density at radius 2 is 1.29 bits per heavy atom. The van der Waals surface area contributed by atoms with Gasteiger partial charge in [0.2, 0.25) is 0 Å². The summed E-state index contributed by atoms with van der Waals surface area (Å²) in [6.45, 7) is 23.5. The third-order valence-electron chi connectivity index (χ3n) is 11.8. The fourth-order valence-electron chi connectivity index (χ4n) is 6.57. The molecule has 3 unspecified atom stereocenters. The number of amides is 1. The highest BCUT2D eigenvalue weighted by atomic mass is 79.9. The summed E-state index contributed by atoms with van der Waals surface area (Å²) in [5.41, 5.74) is 30.1. The summed E-state index contributed by atoms with van der Waals surface area (Å²) in [6.07, 6.45) is 4.59. The van der Waals surface area contributed by atoms with E-state index in [0.29, 0.717) is 81.4 Å². The first kappa shape index (κ1) is 76.0. The standard InChI is InChI=1S/C29H29FN8O3.C10H15BrN4O2.C6H13NO2.C6H14.C4H3Br2N3.C2H7N.ClH/c1-17(20-6-8-22(30)9-7-20)37-29(41)24-10-19(11-31)13-35-27(24)34-12-18-2-4-21(5-3-18)25-15-33-26(32)28(38-25)36-14-23(40)16-39;1-10(2)5-16-7(17-10)4-14-9-8(12)13-3-6(11)15-9;1-6(2)4-8-5(3-7)9-6;1-5(2)6(3)4;5-2-1-8-4(7)3(6)9-2;1-2-3;/h2-10,13,15,17,23,39-40H,12,14,16H2,1H3,(H2,32,33)(H,34,35)(H,36,38)(H,37,41);3,7H,4-5H2,1-2H3,(H2,12,13)(H,14,15);5H,3-4,7H2,1-2H3;5-6H,1-4H3;1H,(H2,7,8);2-3H2,1H3;1H/t17-,23?;;;;;;/m0....../s1. The summed E-state index contributed by atoms with van der Waals surface area (Å²) in [4.78, 5) is 41.9. The number of benzene rings is 2. The van der Waals surface area contributed by atoms with Gasteiger partial charge in [-0.1, -0.05) is 71.0 Å². The Balaban J connectivity index is 0.000000452. The summed E-state index contributed by atoms with van der Waals surface area (Å²) in [6, 6.07) is 16.4. The molecule has 0 radical (unpaired) electrons. The lowest BCUT2D eigenvalue weighted by atomic mass is 10.0. The van der Waals surface area contributed by atoms with Crippen molar-refractivity contribution in [2.45, 2.75) is 112 Å². The number of rotatable bonds is 16. The zero-order valence-electron chi connectivity index (χ0n) is 49.9. The molecule has 0 aliphatic carbocycles. The van der Waals surface area contributed by atoms with E-state index in [1.54, 1.807) is 31.5 Å². The molecule has 86 heavy (non-hydrogen) atoms. The average Bonchev–Trinajstić information content (AvgIpc) is 4.09. The number of carbonyl (C=O) groups is 1. The van der Waals surface area contributed by atoms with Crippen molar-refractivity contribution in [3.8, 4) is 17.3 Å². The van der Waals surface area contributed by atoms with Gasteiger partial charge in [-0.2, -0.15) is 5.26 Å². The van der Waals surface area contributed by atoms with E-state index in [1.165, 1.54) is 30.6 Å². The smallest absolute Gasteiger partial charge is 0.255 e. The van der Waals surface area contributed by atoms with E-state index in [2.05, 4.69) is 132 Å².